The molecule has 1 aliphatic carbocycles. The van der Waals surface area contributed by atoms with E-state index >= 15 is 0 Å². The number of imide groups is 1. The normalized spacial score (nSPS) is 25.5. The quantitative estimate of drug-likeness (QED) is 0.204. The molecule has 0 bridgehead atoms. The van der Waals surface area contributed by atoms with E-state index in [0.717, 1.165) is 101 Å². The number of alkyl halides is 2. The van der Waals surface area contributed by atoms with Gasteiger partial charge in [0.05, 0.1) is 43.1 Å². The van der Waals surface area contributed by atoms with Crippen LogP contribution < -0.4 is 15.5 Å². The van der Waals surface area contributed by atoms with Crippen LogP contribution in [0.5, 0.6) is 0 Å². The molecule has 6 aliphatic rings. The highest BCUT2D eigenvalue weighted by Crippen LogP contribution is 2.44. The molecule has 2 unspecified atom stereocenters. The summed E-state index contributed by atoms with van der Waals surface area (Å²) < 4.78 is 37.2. The standard InChI is InChI=1S/C45H55F2N11O5/c1-53-39(32-9-10-36(59)51-42(32)60)31-4-2-3-29(37(31)44(53)62)11-15-55-26-45(27-55)13-17-54(18-14-45)24-28-5-7-30(8-6-28)58-25-34(38(52-58)40(46)47)49-43(61)33-23-48-57-16-12-35(50-41(33)57)56-19-21-63-22-20-56/h2-4,12,16,23,25,28,30,32,39-40H,5-11,13-15,17-22,24,26-27H2,1H3,(H,49,61)(H,51,59,60)/t28-,30-,32?,39?. The Morgan fingerprint density at radius 3 is 2.52 bits per heavy atom. The first kappa shape index (κ1) is 41.7. The van der Waals surface area contributed by atoms with Gasteiger partial charge in [-0.1, -0.05) is 18.2 Å². The summed E-state index contributed by atoms with van der Waals surface area (Å²) in [4.78, 5) is 65.1. The molecule has 2 N–H and O–H groups in total. The molecule has 1 aromatic carbocycles. The molecule has 3 aromatic heterocycles. The fraction of sp³-hybridized carbons (Fsp3) is 0.578. The van der Waals surface area contributed by atoms with E-state index in [-0.39, 0.29) is 47.5 Å². The Balaban J connectivity index is 0.688. The van der Waals surface area contributed by atoms with Gasteiger partial charge in [0.15, 0.2) is 11.3 Å². The lowest BCUT2D eigenvalue weighted by Crippen LogP contribution is -2.60. The fourth-order valence-corrected chi connectivity index (χ4v) is 11.2. The van der Waals surface area contributed by atoms with Gasteiger partial charge in [0, 0.05) is 70.7 Å². The number of hydrogen-bond donors (Lipinski definition) is 2. The Morgan fingerprint density at radius 2 is 1.78 bits per heavy atom. The van der Waals surface area contributed by atoms with Crippen LogP contribution in [0, 0.1) is 17.3 Å². The molecule has 16 nitrogen and oxygen atoms in total. The number of fused-ring (bicyclic) bond motifs is 2. The third-order valence-electron chi connectivity index (χ3n) is 14.7. The number of hydrogen-bond acceptors (Lipinski definition) is 11. The van der Waals surface area contributed by atoms with E-state index in [9.17, 15) is 28.0 Å². The smallest absolute Gasteiger partial charge is 0.284 e. The maximum atomic E-state index is 14.3. The summed E-state index contributed by atoms with van der Waals surface area (Å²) in [6, 6.07) is 7.44. The van der Waals surface area contributed by atoms with Crippen molar-refractivity contribution in [2.45, 2.75) is 76.3 Å². The average molecular weight is 868 g/mol. The van der Waals surface area contributed by atoms with E-state index in [4.69, 9.17) is 4.74 Å². The number of amides is 4. The van der Waals surface area contributed by atoms with E-state index in [2.05, 4.69) is 40.5 Å². The number of anilines is 2. The molecular formula is C45H55F2N11O5. The van der Waals surface area contributed by atoms with Crippen LogP contribution in [-0.4, -0.2) is 135 Å². The van der Waals surface area contributed by atoms with Crippen LogP contribution in [0.15, 0.2) is 42.9 Å². The maximum Gasteiger partial charge on any atom is 0.284 e. The Labute approximate surface area is 364 Å². The number of rotatable bonds is 11. The first-order valence-electron chi connectivity index (χ1n) is 22.6. The van der Waals surface area contributed by atoms with Crippen LogP contribution in [-0.2, 0) is 20.7 Å². The van der Waals surface area contributed by atoms with Gasteiger partial charge in [-0.05, 0) is 93.0 Å². The van der Waals surface area contributed by atoms with Gasteiger partial charge < -0.3 is 29.7 Å². The van der Waals surface area contributed by atoms with Crippen molar-refractivity contribution in [3.63, 3.8) is 0 Å². The molecule has 18 heteroatoms. The number of likely N-dealkylation sites (tertiary alicyclic amines) is 2. The Hall–Kier alpha value is -5.33. The number of aromatic nitrogens is 5. The second kappa shape index (κ2) is 17.0. The molecule has 4 aromatic rings. The second-order valence-electron chi connectivity index (χ2n) is 18.6. The van der Waals surface area contributed by atoms with Crippen molar-refractivity contribution in [2.24, 2.45) is 17.3 Å². The zero-order valence-electron chi connectivity index (χ0n) is 35.7. The van der Waals surface area contributed by atoms with Gasteiger partial charge in [-0.3, -0.25) is 29.2 Å². The third-order valence-corrected chi connectivity index (χ3v) is 14.7. The van der Waals surface area contributed by atoms with E-state index in [1.807, 2.05) is 24.3 Å². The largest absolute Gasteiger partial charge is 0.378 e. The summed E-state index contributed by atoms with van der Waals surface area (Å²) in [5.41, 5.74) is 3.08. The molecule has 5 fully saturated rings. The summed E-state index contributed by atoms with van der Waals surface area (Å²) >= 11 is 0. The lowest BCUT2D eigenvalue weighted by molar-refractivity contribution is -0.137. The van der Waals surface area contributed by atoms with Crippen LogP contribution in [0.25, 0.3) is 5.65 Å². The minimum Gasteiger partial charge on any atom is -0.378 e. The number of carbonyl (C=O) groups is 4. The predicted octanol–water partition coefficient (Wildman–Crippen LogP) is 4.50. The van der Waals surface area contributed by atoms with Crippen molar-refractivity contribution >= 4 is 40.8 Å². The van der Waals surface area contributed by atoms with Crippen LogP contribution in [0.1, 0.15) is 107 Å². The van der Waals surface area contributed by atoms with Crippen LogP contribution in [0.4, 0.5) is 20.3 Å². The number of ether oxygens (including phenoxy) is 1. The van der Waals surface area contributed by atoms with Crippen molar-refractivity contribution in [1.29, 1.82) is 0 Å². The van der Waals surface area contributed by atoms with Crippen LogP contribution in [0.2, 0.25) is 0 Å². The summed E-state index contributed by atoms with van der Waals surface area (Å²) in [5.74, 6) is -0.368. The lowest BCUT2D eigenvalue weighted by Gasteiger charge is -2.54. The number of piperidine rings is 2. The molecule has 5 aliphatic heterocycles. The topological polar surface area (TPSA) is 163 Å². The van der Waals surface area contributed by atoms with Gasteiger partial charge in [-0.2, -0.15) is 10.2 Å². The fourth-order valence-electron chi connectivity index (χ4n) is 11.2. The second-order valence-corrected chi connectivity index (χ2v) is 18.6. The van der Waals surface area contributed by atoms with Crippen LogP contribution >= 0.6 is 0 Å². The molecule has 8 heterocycles. The predicted molar refractivity (Wildman–Crippen MR) is 228 cm³/mol. The molecule has 2 atom stereocenters. The minimum atomic E-state index is -2.85. The Kier molecular flexibility index (Phi) is 11.2. The van der Waals surface area contributed by atoms with Crippen LogP contribution in [0.3, 0.4) is 0 Å². The molecule has 1 spiro atoms. The Bertz CT molecular complexity index is 2390. The van der Waals surface area contributed by atoms with Crippen molar-refractivity contribution < 1.29 is 32.7 Å². The van der Waals surface area contributed by atoms with Gasteiger partial charge >= 0.3 is 0 Å². The van der Waals surface area contributed by atoms with E-state index in [1.54, 1.807) is 29.0 Å². The molecule has 334 valence electrons. The molecule has 63 heavy (non-hydrogen) atoms. The number of nitrogens with zero attached hydrogens (tertiary/aromatic N) is 9. The zero-order valence-corrected chi connectivity index (χ0v) is 35.7. The lowest BCUT2D eigenvalue weighted by atomic mass is 9.71. The van der Waals surface area contributed by atoms with Gasteiger partial charge in [0.1, 0.15) is 11.4 Å². The molecular weight excluding hydrogens is 813 g/mol. The highest BCUT2D eigenvalue weighted by molar-refractivity contribution is 6.08. The number of benzene rings is 1. The monoisotopic (exact) mass is 867 g/mol. The summed E-state index contributed by atoms with van der Waals surface area (Å²) in [7, 11) is 1.76. The summed E-state index contributed by atoms with van der Waals surface area (Å²) in [5, 5.41) is 13.7. The molecule has 4 amide bonds. The van der Waals surface area contributed by atoms with Crippen molar-refractivity contribution in [1.82, 2.24) is 44.4 Å². The molecule has 10 rings (SSSR count). The molecule has 0 radical (unpaired) electrons. The Morgan fingerprint density at radius 1 is 1.00 bits per heavy atom. The van der Waals surface area contributed by atoms with E-state index < -0.39 is 23.9 Å². The van der Waals surface area contributed by atoms with Gasteiger partial charge in [0.25, 0.3) is 18.2 Å². The maximum absolute atomic E-state index is 14.3. The highest BCUT2D eigenvalue weighted by Gasteiger charge is 2.47. The van der Waals surface area contributed by atoms with E-state index in [1.165, 1.54) is 10.7 Å². The van der Waals surface area contributed by atoms with Gasteiger partial charge in [-0.15, -0.1) is 0 Å². The number of carbonyl (C=O) groups excluding carboxylic acids is 4. The number of morpholine rings is 1. The van der Waals surface area contributed by atoms with Gasteiger partial charge in [0.2, 0.25) is 11.8 Å². The summed E-state index contributed by atoms with van der Waals surface area (Å²) in [6.07, 6.45) is 9.31. The zero-order chi connectivity index (χ0) is 43.4. The van der Waals surface area contributed by atoms with Crippen molar-refractivity contribution in [2.75, 3.05) is 82.8 Å². The average Bonchev–Trinajstić information content (AvgIpc) is 3.97. The first-order chi connectivity index (χ1) is 30.5. The van der Waals surface area contributed by atoms with Crippen molar-refractivity contribution in [3.8, 4) is 0 Å². The first-order valence-corrected chi connectivity index (χ1v) is 22.6. The van der Waals surface area contributed by atoms with E-state index in [0.29, 0.717) is 55.5 Å². The SMILES string of the molecule is CN1C(=O)c2c(CCN3CC4(CCN(C[C@H]5CC[C@H](n6cc(NC(=O)c7cnn8ccc(N9CCOCC9)nc78)c(C(F)F)n6)CC5)CC4)C3)cccc2C1C1CCC(=O)NC1=O. The molecule has 4 saturated heterocycles. The molecule has 1 saturated carbocycles. The number of nitrogens with one attached hydrogen (secondary N) is 2. The van der Waals surface area contributed by atoms with Gasteiger partial charge in [-0.25, -0.2) is 18.3 Å². The third kappa shape index (κ3) is 8.09. The number of halogens is 2. The highest BCUT2D eigenvalue weighted by atomic mass is 19.3. The van der Waals surface area contributed by atoms with Crippen molar-refractivity contribution in [3.05, 3.63) is 70.8 Å². The minimum absolute atomic E-state index is 0.00398. The summed E-state index contributed by atoms with van der Waals surface area (Å²) in [6.45, 7) is 8.72.